The third-order valence-electron chi connectivity index (χ3n) is 3.31. The number of fused-ring (bicyclic) bond motifs is 1. The Balaban J connectivity index is 2.31. The van der Waals surface area contributed by atoms with Gasteiger partial charge in [-0.3, -0.25) is 9.59 Å². The van der Waals surface area contributed by atoms with E-state index in [0.717, 1.165) is 12.1 Å². The van der Waals surface area contributed by atoms with Crippen molar-refractivity contribution in [3.05, 3.63) is 29.3 Å². The van der Waals surface area contributed by atoms with E-state index in [0.29, 0.717) is 11.3 Å². The van der Waals surface area contributed by atoms with E-state index >= 15 is 0 Å². The molecule has 1 amide bonds. The molecular formula is C14H14F3NO3. The third-order valence-corrected chi connectivity index (χ3v) is 3.31. The van der Waals surface area contributed by atoms with Crippen molar-refractivity contribution < 1.29 is 27.5 Å². The van der Waals surface area contributed by atoms with E-state index in [-0.39, 0.29) is 18.9 Å². The van der Waals surface area contributed by atoms with Gasteiger partial charge in [0.1, 0.15) is 6.61 Å². The molecule has 0 N–H and O–H groups in total. The molecule has 4 nitrogen and oxygen atoms in total. The van der Waals surface area contributed by atoms with Crippen molar-refractivity contribution >= 4 is 17.6 Å². The molecule has 1 heterocycles. The number of carbonyl (C=O) groups is 2. The van der Waals surface area contributed by atoms with Crippen LogP contribution in [0.1, 0.15) is 25.0 Å². The molecule has 1 aliphatic heterocycles. The van der Waals surface area contributed by atoms with E-state index in [9.17, 15) is 22.8 Å². The fraction of sp³-hybridized carbons (Fsp3) is 0.429. The number of halogens is 3. The normalized spacial score (nSPS) is 17.6. The van der Waals surface area contributed by atoms with Gasteiger partial charge in [0.25, 0.3) is 0 Å². The summed E-state index contributed by atoms with van der Waals surface area (Å²) in [6.07, 6.45) is -4.20. The van der Waals surface area contributed by atoms with Gasteiger partial charge >= 0.3 is 12.1 Å². The number of alkyl halides is 3. The molecule has 0 bridgehead atoms. The second-order valence-corrected chi connectivity index (χ2v) is 4.89. The molecule has 1 unspecified atom stereocenters. The average Bonchev–Trinajstić information content (AvgIpc) is 2.72. The van der Waals surface area contributed by atoms with Crippen LogP contribution in [0.25, 0.3) is 0 Å². The van der Waals surface area contributed by atoms with Crippen molar-refractivity contribution in [3.63, 3.8) is 0 Å². The predicted octanol–water partition coefficient (Wildman–Crippen LogP) is 2.55. The maximum Gasteiger partial charge on any atom is 0.416 e. The van der Waals surface area contributed by atoms with Crippen LogP contribution in [-0.2, 0) is 26.9 Å². The highest BCUT2D eigenvalue weighted by molar-refractivity contribution is 5.94. The smallest absolute Gasteiger partial charge is 0.416 e. The molecule has 21 heavy (non-hydrogen) atoms. The summed E-state index contributed by atoms with van der Waals surface area (Å²) in [5, 5.41) is 0. The van der Waals surface area contributed by atoms with Crippen molar-refractivity contribution in [1.82, 2.24) is 0 Å². The maximum atomic E-state index is 12.7. The fourth-order valence-corrected chi connectivity index (χ4v) is 2.48. The Morgan fingerprint density at radius 3 is 2.52 bits per heavy atom. The quantitative estimate of drug-likeness (QED) is 0.789. The Labute approximate surface area is 119 Å². The van der Waals surface area contributed by atoms with Gasteiger partial charge in [-0.05, 0) is 30.2 Å². The Kier molecular flexibility index (Phi) is 3.93. The summed E-state index contributed by atoms with van der Waals surface area (Å²) in [5.41, 5.74) is 0.114. The van der Waals surface area contributed by atoms with Gasteiger partial charge in [-0.1, -0.05) is 0 Å². The number of hydrogen-bond donors (Lipinski definition) is 0. The van der Waals surface area contributed by atoms with Gasteiger partial charge in [0, 0.05) is 19.5 Å². The first-order valence-electron chi connectivity index (χ1n) is 6.33. The van der Waals surface area contributed by atoms with E-state index in [1.807, 2.05) is 0 Å². The second-order valence-electron chi connectivity index (χ2n) is 4.89. The molecule has 114 valence electrons. The molecule has 0 aromatic heterocycles. The maximum absolute atomic E-state index is 12.7. The number of anilines is 1. The molecule has 1 aliphatic rings. The molecule has 2 rings (SSSR count). The SMILES string of the molecule is CC(=O)OCC1Cc2cc(C(F)(F)F)ccc2N1C(C)=O. The first-order chi connectivity index (χ1) is 9.70. The summed E-state index contributed by atoms with van der Waals surface area (Å²) in [6.45, 7) is 2.53. The van der Waals surface area contributed by atoms with Crippen LogP contribution in [0, 0.1) is 0 Å². The molecule has 0 spiro atoms. The molecule has 7 heteroatoms. The lowest BCUT2D eigenvalue weighted by atomic mass is 10.1. The lowest BCUT2D eigenvalue weighted by Crippen LogP contribution is -2.39. The van der Waals surface area contributed by atoms with E-state index in [2.05, 4.69) is 0 Å². The summed E-state index contributed by atoms with van der Waals surface area (Å²) in [4.78, 5) is 23.9. The van der Waals surface area contributed by atoms with Crippen LogP contribution in [0.3, 0.4) is 0 Å². The highest BCUT2D eigenvalue weighted by atomic mass is 19.4. The number of esters is 1. The van der Waals surface area contributed by atoms with Crippen LogP contribution in [0.15, 0.2) is 18.2 Å². The Morgan fingerprint density at radius 1 is 1.33 bits per heavy atom. The van der Waals surface area contributed by atoms with Crippen LogP contribution in [0.4, 0.5) is 18.9 Å². The Bertz CT molecular complexity index is 583. The Morgan fingerprint density at radius 2 is 2.00 bits per heavy atom. The summed E-state index contributed by atoms with van der Waals surface area (Å²) < 4.78 is 43.0. The van der Waals surface area contributed by atoms with Crippen LogP contribution in [0.5, 0.6) is 0 Å². The number of nitrogens with zero attached hydrogens (tertiary/aromatic N) is 1. The minimum Gasteiger partial charge on any atom is -0.464 e. The molecule has 0 fully saturated rings. The van der Waals surface area contributed by atoms with Crippen molar-refractivity contribution in [2.24, 2.45) is 0 Å². The van der Waals surface area contributed by atoms with Crippen LogP contribution >= 0.6 is 0 Å². The summed E-state index contributed by atoms with van der Waals surface area (Å²) in [6, 6.07) is 2.81. The van der Waals surface area contributed by atoms with Gasteiger partial charge in [0.2, 0.25) is 5.91 Å². The number of hydrogen-bond acceptors (Lipinski definition) is 3. The molecule has 0 aliphatic carbocycles. The standard InChI is InChI=1S/C14H14F3NO3/c1-8(19)18-12(7-21-9(2)20)6-10-5-11(14(15,16)17)3-4-13(10)18/h3-5,12H,6-7H2,1-2H3. The van der Waals surface area contributed by atoms with Crippen molar-refractivity contribution in [3.8, 4) is 0 Å². The zero-order valence-electron chi connectivity index (χ0n) is 11.5. The minimum absolute atomic E-state index is 0.0368. The number of ether oxygens (including phenoxy) is 1. The van der Waals surface area contributed by atoms with E-state index in [4.69, 9.17) is 4.74 Å². The molecule has 1 aromatic carbocycles. The van der Waals surface area contributed by atoms with Gasteiger partial charge < -0.3 is 9.64 Å². The first-order valence-corrected chi connectivity index (χ1v) is 6.33. The molecule has 0 saturated heterocycles. The molecule has 1 aromatic rings. The largest absolute Gasteiger partial charge is 0.464 e. The van der Waals surface area contributed by atoms with Gasteiger partial charge in [-0.15, -0.1) is 0 Å². The highest BCUT2D eigenvalue weighted by Gasteiger charge is 2.36. The third kappa shape index (κ3) is 3.17. The second kappa shape index (κ2) is 5.38. The lowest BCUT2D eigenvalue weighted by molar-refractivity contribution is -0.141. The summed E-state index contributed by atoms with van der Waals surface area (Å²) in [5.74, 6) is -0.795. The number of rotatable bonds is 2. The number of carbonyl (C=O) groups excluding carboxylic acids is 2. The van der Waals surface area contributed by atoms with Gasteiger partial charge in [-0.25, -0.2) is 0 Å². The zero-order valence-corrected chi connectivity index (χ0v) is 11.5. The molecule has 0 saturated carbocycles. The monoisotopic (exact) mass is 301 g/mol. The lowest BCUT2D eigenvalue weighted by Gasteiger charge is -2.23. The van der Waals surface area contributed by atoms with Crippen molar-refractivity contribution in [2.45, 2.75) is 32.5 Å². The van der Waals surface area contributed by atoms with Gasteiger partial charge in [0.05, 0.1) is 11.6 Å². The van der Waals surface area contributed by atoms with E-state index < -0.39 is 23.8 Å². The predicted molar refractivity (Wildman–Crippen MR) is 68.7 cm³/mol. The minimum atomic E-state index is -4.43. The molecule has 1 atom stereocenters. The number of amides is 1. The van der Waals surface area contributed by atoms with E-state index in [1.54, 1.807) is 0 Å². The first kappa shape index (κ1) is 15.3. The van der Waals surface area contributed by atoms with Gasteiger partial charge in [-0.2, -0.15) is 13.2 Å². The zero-order chi connectivity index (χ0) is 15.8. The molecule has 0 radical (unpaired) electrons. The number of benzene rings is 1. The summed E-state index contributed by atoms with van der Waals surface area (Å²) in [7, 11) is 0. The average molecular weight is 301 g/mol. The summed E-state index contributed by atoms with van der Waals surface area (Å²) >= 11 is 0. The van der Waals surface area contributed by atoms with Crippen LogP contribution in [-0.4, -0.2) is 24.5 Å². The fourth-order valence-electron chi connectivity index (χ4n) is 2.48. The Hall–Kier alpha value is -2.05. The topological polar surface area (TPSA) is 46.6 Å². The van der Waals surface area contributed by atoms with E-state index in [1.165, 1.54) is 24.8 Å². The van der Waals surface area contributed by atoms with Crippen molar-refractivity contribution in [2.75, 3.05) is 11.5 Å². The van der Waals surface area contributed by atoms with Crippen LogP contribution < -0.4 is 4.90 Å². The van der Waals surface area contributed by atoms with Crippen molar-refractivity contribution in [1.29, 1.82) is 0 Å². The molecular weight excluding hydrogens is 287 g/mol. The van der Waals surface area contributed by atoms with Gasteiger partial charge in [0.15, 0.2) is 0 Å². The highest BCUT2D eigenvalue weighted by Crippen LogP contribution is 2.37. The van der Waals surface area contributed by atoms with Crippen LogP contribution in [0.2, 0.25) is 0 Å².